The molecular weight excluding hydrogens is 164 g/mol. The molecule has 2 rings (SSSR count). The lowest BCUT2D eigenvalue weighted by molar-refractivity contribution is 0.374. The van der Waals surface area contributed by atoms with Crippen molar-refractivity contribution in [3.8, 4) is 11.4 Å². The molecule has 11 heavy (non-hydrogen) atoms. The Bertz CT molecular complexity index is 341. The van der Waals surface area contributed by atoms with Gasteiger partial charge in [-0.3, -0.25) is 0 Å². The van der Waals surface area contributed by atoms with Gasteiger partial charge in [-0.05, 0) is 18.5 Å². The van der Waals surface area contributed by atoms with Crippen molar-refractivity contribution >= 4 is 11.5 Å². The van der Waals surface area contributed by atoms with Crippen molar-refractivity contribution in [1.29, 1.82) is 0 Å². The van der Waals surface area contributed by atoms with Crippen LogP contribution in [0.5, 0.6) is 0 Å². The number of hydrogen-bond donors (Lipinski definition) is 0. The summed E-state index contributed by atoms with van der Waals surface area (Å²) in [6.45, 7) is 1.79. The SMILES string of the molecule is Cc1onnc1-c1csnn1. The highest BCUT2D eigenvalue weighted by molar-refractivity contribution is 7.03. The maximum absolute atomic E-state index is 4.76. The molecule has 0 spiro atoms. The average Bonchev–Trinajstić information content (AvgIpc) is 2.55. The summed E-state index contributed by atoms with van der Waals surface area (Å²) in [5.74, 6) is 0.665. The molecule has 0 aliphatic heterocycles. The van der Waals surface area contributed by atoms with E-state index in [1.165, 1.54) is 11.5 Å². The Morgan fingerprint density at radius 1 is 1.45 bits per heavy atom. The zero-order valence-electron chi connectivity index (χ0n) is 5.68. The summed E-state index contributed by atoms with van der Waals surface area (Å²) in [6.07, 6.45) is 0. The summed E-state index contributed by atoms with van der Waals surface area (Å²) in [5, 5.41) is 12.8. The van der Waals surface area contributed by atoms with Crippen LogP contribution in [0.25, 0.3) is 11.4 Å². The molecule has 5 nitrogen and oxygen atoms in total. The van der Waals surface area contributed by atoms with E-state index >= 15 is 0 Å². The van der Waals surface area contributed by atoms with Crippen LogP contribution in [0.1, 0.15) is 5.76 Å². The first-order valence-corrected chi connectivity index (χ1v) is 3.78. The lowest BCUT2D eigenvalue weighted by atomic mass is 10.3. The number of nitrogens with zero attached hydrogens (tertiary/aromatic N) is 4. The molecule has 0 unspecified atom stereocenters. The van der Waals surface area contributed by atoms with Crippen LogP contribution in [-0.4, -0.2) is 20.0 Å². The summed E-state index contributed by atoms with van der Waals surface area (Å²) in [7, 11) is 0. The Morgan fingerprint density at radius 2 is 2.36 bits per heavy atom. The largest absolute Gasteiger partial charge is 0.342 e. The Kier molecular flexibility index (Phi) is 1.39. The van der Waals surface area contributed by atoms with E-state index in [0.29, 0.717) is 17.1 Å². The van der Waals surface area contributed by atoms with Crippen molar-refractivity contribution in [3.63, 3.8) is 0 Å². The fraction of sp³-hybridized carbons (Fsp3) is 0.200. The fourth-order valence-corrected chi connectivity index (χ4v) is 1.18. The second kappa shape index (κ2) is 2.39. The molecule has 0 aliphatic carbocycles. The molecular formula is C5H4N4OS. The van der Waals surface area contributed by atoms with Gasteiger partial charge >= 0.3 is 0 Å². The van der Waals surface area contributed by atoms with Gasteiger partial charge in [0.25, 0.3) is 0 Å². The van der Waals surface area contributed by atoms with Crippen molar-refractivity contribution in [2.45, 2.75) is 6.92 Å². The smallest absolute Gasteiger partial charge is 0.163 e. The standard InChI is InChI=1S/C5H4N4OS/c1-3-5(7-8-10-3)4-2-11-9-6-4/h2H,1H3. The highest BCUT2D eigenvalue weighted by Crippen LogP contribution is 2.17. The van der Waals surface area contributed by atoms with Gasteiger partial charge in [0.05, 0.1) is 0 Å². The average molecular weight is 168 g/mol. The lowest BCUT2D eigenvalue weighted by Gasteiger charge is -1.83. The molecule has 2 aromatic heterocycles. The number of aryl methyl sites for hydroxylation is 1. The molecule has 2 aromatic rings. The normalized spacial score (nSPS) is 10.3. The maximum atomic E-state index is 4.76. The molecule has 0 bridgehead atoms. The number of aromatic nitrogens is 4. The predicted octanol–water partition coefficient (Wildman–Crippen LogP) is 0.897. The number of rotatable bonds is 1. The van der Waals surface area contributed by atoms with Gasteiger partial charge in [0.15, 0.2) is 11.5 Å². The van der Waals surface area contributed by atoms with Crippen LogP contribution in [0.2, 0.25) is 0 Å². The van der Waals surface area contributed by atoms with Gasteiger partial charge in [-0.1, -0.05) is 4.49 Å². The van der Waals surface area contributed by atoms with Gasteiger partial charge in [-0.25, -0.2) is 0 Å². The Hall–Kier alpha value is -1.30. The molecule has 0 fully saturated rings. The minimum atomic E-state index is 0.665. The van der Waals surface area contributed by atoms with Crippen molar-refractivity contribution in [2.24, 2.45) is 0 Å². The number of hydrogen-bond acceptors (Lipinski definition) is 6. The highest BCUT2D eigenvalue weighted by atomic mass is 32.1. The summed E-state index contributed by atoms with van der Waals surface area (Å²) in [5.41, 5.74) is 1.38. The van der Waals surface area contributed by atoms with Crippen LogP contribution in [0.4, 0.5) is 0 Å². The monoisotopic (exact) mass is 168 g/mol. The minimum absolute atomic E-state index is 0.665. The van der Waals surface area contributed by atoms with Crippen molar-refractivity contribution in [3.05, 3.63) is 11.1 Å². The van der Waals surface area contributed by atoms with Gasteiger partial charge in [0.1, 0.15) is 5.69 Å². The van der Waals surface area contributed by atoms with Crippen LogP contribution in [0.15, 0.2) is 9.90 Å². The van der Waals surface area contributed by atoms with Crippen LogP contribution >= 0.6 is 11.5 Å². The van der Waals surface area contributed by atoms with Crippen LogP contribution in [0.3, 0.4) is 0 Å². The molecule has 0 aromatic carbocycles. The highest BCUT2D eigenvalue weighted by Gasteiger charge is 2.09. The molecule has 2 heterocycles. The molecule has 0 saturated carbocycles. The van der Waals surface area contributed by atoms with Crippen molar-refractivity contribution in [1.82, 2.24) is 20.0 Å². The van der Waals surface area contributed by atoms with Crippen molar-refractivity contribution < 1.29 is 4.52 Å². The lowest BCUT2D eigenvalue weighted by Crippen LogP contribution is -1.80. The third-order valence-corrected chi connectivity index (χ3v) is 1.76. The summed E-state index contributed by atoms with van der Waals surface area (Å²) in [4.78, 5) is 0. The van der Waals surface area contributed by atoms with Gasteiger partial charge in [0.2, 0.25) is 0 Å². The van der Waals surface area contributed by atoms with E-state index < -0.39 is 0 Å². The molecule has 0 N–H and O–H groups in total. The third-order valence-electron chi connectivity index (χ3n) is 1.25. The van der Waals surface area contributed by atoms with Crippen LogP contribution in [-0.2, 0) is 0 Å². The first-order chi connectivity index (χ1) is 5.38. The molecule has 0 aliphatic rings. The van der Waals surface area contributed by atoms with Crippen LogP contribution in [0, 0.1) is 6.92 Å². The second-order valence-corrected chi connectivity index (χ2v) is 2.58. The Labute approximate surface area is 66.2 Å². The van der Waals surface area contributed by atoms with E-state index in [-0.39, 0.29) is 0 Å². The van der Waals surface area contributed by atoms with Gasteiger partial charge in [0, 0.05) is 10.7 Å². The molecule has 0 atom stereocenters. The Morgan fingerprint density at radius 3 is 2.91 bits per heavy atom. The van der Waals surface area contributed by atoms with Gasteiger partial charge in [-0.15, -0.1) is 10.2 Å². The molecule has 6 heteroatoms. The van der Waals surface area contributed by atoms with E-state index in [1.807, 2.05) is 0 Å². The predicted molar refractivity (Wildman–Crippen MR) is 37.9 cm³/mol. The summed E-state index contributed by atoms with van der Waals surface area (Å²) in [6, 6.07) is 0. The topological polar surface area (TPSA) is 64.7 Å². The summed E-state index contributed by atoms with van der Waals surface area (Å²) < 4.78 is 8.47. The van der Waals surface area contributed by atoms with E-state index in [2.05, 4.69) is 20.0 Å². The molecule has 0 amide bonds. The van der Waals surface area contributed by atoms with Gasteiger partial charge in [-0.2, -0.15) is 0 Å². The zero-order valence-corrected chi connectivity index (χ0v) is 6.50. The molecule has 56 valence electrons. The van der Waals surface area contributed by atoms with Gasteiger partial charge < -0.3 is 4.52 Å². The van der Waals surface area contributed by atoms with Crippen LogP contribution < -0.4 is 0 Å². The minimum Gasteiger partial charge on any atom is -0.342 e. The zero-order chi connectivity index (χ0) is 7.68. The quantitative estimate of drug-likeness (QED) is 0.632. The third kappa shape index (κ3) is 1.01. The van der Waals surface area contributed by atoms with Crippen molar-refractivity contribution in [2.75, 3.05) is 0 Å². The van der Waals surface area contributed by atoms with E-state index in [9.17, 15) is 0 Å². The Balaban J connectivity index is 2.53. The fourth-order valence-electron chi connectivity index (χ4n) is 0.735. The molecule has 0 radical (unpaired) electrons. The van der Waals surface area contributed by atoms with E-state index in [4.69, 9.17) is 4.52 Å². The maximum Gasteiger partial charge on any atom is 0.163 e. The van der Waals surface area contributed by atoms with E-state index in [0.717, 1.165) is 0 Å². The first kappa shape index (κ1) is 6.41. The van der Waals surface area contributed by atoms with E-state index in [1.54, 1.807) is 12.3 Å². The summed E-state index contributed by atoms with van der Waals surface area (Å²) >= 11 is 1.28. The first-order valence-electron chi connectivity index (χ1n) is 2.94. The molecule has 0 saturated heterocycles. The second-order valence-electron chi connectivity index (χ2n) is 1.97.